The Morgan fingerprint density at radius 2 is 1.83 bits per heavy atom. The van der Waals surface area contributed by atoms with Gasteiger partial charge in [0, 0.05) is 29.9 Å². The van der Waals surface area contributed by atoms with E-state index in [-0.39, 0.29) is 23.5 Å². The number of esters is 1. The topological polar surface area (TPSA) is 86.5 Å². The fourth-order valence-corrected chi connectivity index (χ4v) is 3.16. The number of benzene rings is 1. The molecule has 130 valence electrons. The Balaban J connectivity index is 2.07. The van der Waals surface area contributed by atoms with Crippen molar-refractivity contribution in [1.29, 1.82) is 0 Å². The third-order valence-corrected chi connectivity index (χ3v) is 4.61. The zero-order valence-corrected chi connectivity index (χ0v) is 15.1. The summed E-state index contributed by atoms with van der Waals surface area (Å²) in [4.78, 5) is 34.4. The Labute approximate surface area is 153 Å². The second-order valence-corrected chi connectivity index (χ2v) is 8.70. The molecule has 1 aliphatic carbocycles. The number of hydrogen-bond acceptors (Lipinski definition) is 5. The lowest BCUT2D eigenvalue weighted by molar-refractivity contribution is -0.384. The molecule has 1 aromatic carbocycles. The highest BCUT2D eigenvalue weighted by Crippen LogP contribution is 2.51. The molecule has 1 aromatic rings. The van der Waals surface area contributed by atoms with E-state index < -0.39 is 32.1 Å². The quantitative estimate of drug-likeness (QED) is 0.332. The maximum Gasteiger partial charge on any atom is 0.338 e. The van der Waals surface area contributed by atoms with Gasteiger partial charge in [-0.05, 0) is 12.1 Å². The number of carbonyl (C=O) groups is 2. The molecule has 0 heterocycles. The fourth-order valence-electron chi connectivity index (χ4n) is 2.70. The molecule has 24 heavy (non-hydrogen) atoms. The fraction of sp³-hybridized carbons (Fsp3) is 0.467. The summed E-state index contributed by atoms with van der Waals surface area (Å²) in [5, 5.41) is 10.6. The molecule has 1 fully saturated rings. The van der Waals surface area contributed by atoms with Crippen LogP contribution in [0, 0.1) is 21.4 Å². The number of carbonyl (C=O) groups excluding carboxylic acids is 2. The summed E-state index contributed by atoms with van der Waals surface area (Å²) >= 11 is 17.2. The molecule has 1 saturated carbocycles. The van der Waals surface area contributed by atoms with Gasteiger partial charge in [0.25, 0.3) is 5.69 Å². The van der Waals surface area contributed by atoms with E-state index in [0.717, 1.165) is 0 Å². The zero-order chi connectivity index (χ0) is 18.3. The minimum atomic E-state index is -1.56. The molecule has 1 aliphatic rings. The first kappa shape index (κ1) is 19.0. The van der Waals surface area contributed by atoms with E-state index in [2.05, 4.69) is 0 Å². The molecule has 0 N–H and O–H groups in total. The maximum absolute atomic E-state index is 12.2. The molecule has 0 amide bonds. The Morgan fingerprint density at radius 1 is 1.29 bits per heavy atom. The first-order valence-electron chi connectivity index (χ1n) is 6.99. The van der Waals surface area contributed by atoms with Crippen molar-refractivity contribution in [3.05, 3.63) is 39.9 Å². The highest BCUT2D eigenvalue weighted by molar-refractivity contribution is 6.67. The van der Waals surface area contributed by atoms with Crippen LogP contribution in [0.3, 0.4) is 0 Å². The Hall–Kier alpha value is -1.37. The average molecular weight is 395 g/mol. The molecule has 0 saturated heterocycles. The number of ketones is 1. The lowest BCUT2D eigenvalue weighted by Gasteiger charge is -2.49. The van der Waals surface area contributed by atoms with Crippen LogP contribution in [0.4, 0.5) is 5.69 Å². The molecule has 0 aromatic heterocycles. The number of nitro benzene ring substituents is 1. The van der Waals surface area contributed by atoms with Crippen molar-refractivity contribution in [2.45, 2.75) is 30.2 Å². The van der Waals surface area contributed by atoms with Crippen molar-refractivity contribution < 1.29 is 19.2 Å². The first-order chi connectivity index (χ1) is 10.9. The number of non-ortho nitro benzene ring substituents is 1. The van der Waals surface area contributed by atoms with Gasteiger partial charge in [0.2, 0.25) is 0 Å². The van der Waals surface area contributed by atoms with Gasteiger partial charge < -0.3 is 4.74 Å². The van der Waals surface area contributed by atoms with Gasteiger partial charge in [0.05, 0.1) is 10.5 Å². The van der Waals surface area contributed by atoms with Crippen LogP contribution in [-0.2, 0) is 9.53 Å². The number of nitrogens with zero attached hydrogens (tertiary/aromatic N) is 1. The van der Waals surface area contributed by atoms with Crippen LogP contribution in [-0.4, -0.2) is 26.6 Å². The summed E-state index contributed by atoms with van der Waals surface area (Å²) in [5.41, 5.74) is -0.694. The zero-order valence-electron chi connectivity index (χ0n) is 12.8. The lowest BCUT2D eigenvalue weighted by Crippen LogP contribution is -2.61. The number of alkyl halides is 3. The Morgan fingerprint density at radius 3 is 2.25 bits per heavy atom. The Kier molecular flexibility index (Phi) is 5.14. The van der Waals surface area contributed by atoms with Crippen LogP contribution in [0.5, 0.6) is 0 Å². The second kappa shape index (κ2) is 6.50. The van der Waals surface area contributed by atoms with Crippen LogP contribution < -0.4 is 0 Å². The van der Waals surface area contributed by atoms with Crippen LogP contribution in [0.25, 0.3) is 0 Å². The molecule has 0 spiro atoms. The molecule has 9 heteroatoms. The van der Waals surface area contributed by atoms with Crippen LogP contribution in [0.15, 0.2) is 24.3 Å². The Bertz CT molecular complexity index is 681. The third-order valence-electron chi connectivity index (χ3n) is 4.15. The summed E-state index contributed by atoms with van der Waals surface area (Å²) in [6.07, 6.45) is -0.910. The smallest absolute Gasteiger partial charge is 0.338 e. The summed E-state index contributed by atoms with van der Waals surface area (Å²) in [7, 11) is 0. The van der Waals surface area contributed by atoms with Crippen molar-refractivity contribution in [3.8, 4) is 0 Å². The average Bonchev–Trinajstić information content (AvgIpc) is 2.49. The number of ether oxygens (including phenoxy) is 1. The molecule has 0 aliphatic heterocycles. The minimum Gasteiger partial charge on any atom is -0.450 e. The van der Waals surface area contributed by atoms with E-state index >= 15 is 0 Å². The molecule has 0 unspecified atom stereocenters. The molecule has 2 atom stereocenters. The number of Topliss-reactive ketones (excluding diaryl/α,β-unsaturated/α-hetero) is 1. The van der Waals surface area contributed by atoms with E-state index in [1.165, 1.54) is 24.3 Å². The summed E-state index contributed by atoms with van der Waals surface area (Å²) in [6.45, 7) is 3.51. The number of hydrogen-bond donors (Lipinski definition) is 0. The minimum absolute atomic E-state index is 0.0368. The van der Waals surface area contributed by atoms with Crippen molar-refractivity contribution in [2.24, 2.45) is 11.3 Å². The van der Waals surface area contributed by atoms with Gasteiger partial charge in [0.1, 0.15) is 0 Å². The lowest BCUT2D eigenvalue weighted by atomic mass is 9.58. The van der Waals surface area contributed by atoms with Crippen molar-refractivity contribution in [1.82, 2.24) is 0 Å². The number of halogens is 3. The molecule has 2 rings (SSSR count). The predicted molar refractivity (Wildman–Crippen MR) is 89.5 cm³/mol. The summed E-state index contributed by atoms with van der Waals surface area (Å²) in [6, 6.07) is 4.93. The number of rotatable bonds is 4. The third kappa shape index (κ3) is 3.82. The molecule has 0 radical (unpaired) electrons. The molecule has 0 bridgehead atoms. The first-order valence-corrected chi connectivity index (χ1v) is 8.13. The van der Waals surface area contributed by atoms with Gasteiger partial charge in [-0.2, -0.15) is 0 Å². The van der Waals surface area contributed by atoms with Crippen molar-refractivity contribution in [3.63, 3.8) is 0 Å². The van der Waals surface area contributed by atoms with Crippen LogP contribution in [0.2, 0.25) is 0 Å². The highest BCUT2D eigenvalue weighted by Gasteiger charge is 2.59. The van der Waals surface area contributed by atoms with Gasteiger partial charge >= 0.3 is 5.97 Å². The maximum atomic E-state index is 12.2. The van der Waals surface area contributed by atoms with E-state index in [0.29, 0.717) is 0 Å². The van der Waals surface area contributed by atoms with Gasteiger partial charge in [-0.15, -0.1) is 0 Å². The van der Waals surface area contributed by atoms with Gasteiger partial charge in [-0.3, -0.25) is 14.9 Å². The van der Waals surface area contributed by atoms with E-state index in [1.54, 1.807) is 13.8 Å². The van der Waals surface area contributed by atoms with E-state index in [4.69, 9.17) is 39.5 Å². The highest BCUT2D eigenvalue weighted by atomic mass is 35.6. The largest absolute Gasteiger partial charge is 0.450 e. The van der Waals surface area contributed by atoms with Crippen LogP contribution >= 0.6 is 34.8 Å². The van der Waals surface area contributed by atoms with Crippen molar-refractivity contribution in [2.75, 3.05) is 0 Å². The monoisotopic (exact) mass is 393 g/mol. The summed E-state index contributed by atoms with van der Waals surface area (Å²) < 4.78 is 3.69. The molecular weight excluding hydrogens is 381 g/mol. The summed E-state index contributed by atoms with van der Waals surface area (Å²) in [5.74, 6) is -1.56. The second-order valence-electron chi connectivity index (χ2n) is 6.18. The van der Waals surface area contributed by atoms with Crippen LogP contribution in [0.1, 0.15) is 30.6 Å². The number of nitro groups is 1. The SMILES string of the molecule is CC1(C)[C@H](OC(=O)c2ccc([N+](=O)[O-])cc2)C(=O)[C@@H]1CC(Cl)(Cl)Cl. The predicted octanol–water partition coefficient (Wildman–Crippen LogP) is 4.11. The molecule has 6 nitrogen and oxygen atoms in total. The normalized spacial score (nSPS) is 22.6. The van der Waals surface area contributed by atoms with E-state index in [1.807, 2.05) is 0 Å². The van der Waals surface area contributed by atoms with Crippen molar-refractivity contribution >= 4 is 52.2 Å². The van der Waals surface area contributed by atoms with Gasteiger partial charge in [-0.1, -0.05) is 48.7 Å². The standard InChI is InChI=1S/C15H14Cl3NO5/c1-14(2)10(7-15(16,17)18)11(20)12(14)24-13(21)8-3-5-9(6-4-8)19(22)23/h3-6,10,12H,7H2,1-2H3/t10-,12+/m0/s1. The van der Waals surface area contributed by atoms with Gasteiger partial charge in [-0.25, -0.2) is 4.79 Å². The molecular formula is C15H14Cl3NO5. The van der Waals surface area contributed by atoms with E-state index in [9.17, 15) is 19.7 Å². The van der Waals surface area contributed by atoms with Gasteiger partial charge in [0.15, 0.2) is 15.7 Å².